The molecule has 288 valence electrons. The molecule has 0 aromatic rings. The molecule has 0 saturated heterocycles. The van der Waals surface area contributed by atoms with E-state index in [9.17, 15) is 0 Å². The molecule has 1 atom stereocenters. The topological polar surface area (TPSA) is 0 Å². The van der Waals surface area contributed by atoms with Crippen molar-refractivity contribution in [3.63, 3.8) is 0 Å². The molecule has 0 nitrogen and oxygen atoms in total. The number of hydrogen-bond donors (Lipinski definition) is 0. The fraction of sp³-hybridized carbons (Fsp3) is 0.750. The zero-order valence-electron chi connectivity index (χ0n) is 37.1. The van der Waals surface area contributed by atoms with E-state index in [1.54, 1.807) is 11.1 Å². The zero-order chi connectivity index (χ0) is 38.4. The van der Waals surface area contributed by atoms with E-state index < -0.39 is 0 Å². The molecule has 0 aliphatic rings. The van der Waals surface area contributed by atoms with Crippen LogP contribution in [0.1, 0.15) is 234 Å². The number of rotatable bonds is 18. The second kappa shape index (κ2) is 54.9. The molecule has 0 aliphatic heterocycles. The molecule has 1 unspecified atom stereocenters. The maximum Gasteiger partial charge on any atom is -0.0237 e. The Balaban J connectivity index is -0.000000110. The van der Waals surface area contributed by atoms with Crippen molar-refractivity contribution in [3.8, 4) is 0 Å². The molecular weight excluding hydrogens is 577 g/mol. The molecule has 0 aromatic heterocycles. The van der Waals surface area contributed by atoms with Crippen LogP contribution in [0.5, 0.6) is 0 Å². The van der Waals surface area contributed by atoms with Crippen molar-refractivity contribution in [2.24, 2.45) is 5.92 Å². The van der Waals surface area contributed by atoms with E-state index in [-0.39, 0.29) is 0 Å². The minimum absolute atomic E-state index is 0.778. The van der Waals surface area contributed by atoms with Gasteiger partial charge in [0.2, 0.25) is 0 Å². The molecule has 0 amide bonds. The van der Waals surface area contributed by atoms with Crippen LogP contribution in [0.3, 0.4) is 0 Å². The van der Waals surface area contributed by atoms with Crippen molar-refractivity contribution in [2.75, 3.05) is 0 Å². The lowest BCUT2D eigenvalue weighted by molar-refractivity contribution is 0.654. The maximum absolute atomic E-state index is 2.32. The fourth-order valence-corrected chi connectivity index (χ4v) is 3.63. The standard InChI is InChI=1S/6C8H16/c2*1-5-7(3)8(4)6-2;2*1-4-6-7-8(3)5-2;2*1-3-5-7-8-6-4-2/h5-6H2,1-4H3;5,8H,6H2,1-4H3;7H,4-6H2,1-3H3;5H,4,6-7H2,1-3H3;5,7H,3-4,6,8H2,1-2H3;3,5H,4,6-8H2,1-2H3/b8-7+;7-5+;8-7+;8-5+;7-5+;5-3+. The molecule has 0 aliphatic carbocycles. The van der Waals surface area contributed by atoms with Gasteiger partial charge in [-0.15, -0.1) is 0 Å². The van der Waals surface area contributed by atoms with Crippen LogP contribution in [-0.4, -0.2) is 0 Å². The molecule has 0 heterocycles. The van der Waals surface area contributed by atoms with E-state index in [0.717, 1.165) is 5.92 Å². The lowest BCUT2D eigenvalue weighted by atomic mass is 10.0. The third kappa shape index (κ3) is 63.2. The van der Waals surface area contributed by atoms with Crippen LogP contribution >= 0.6 is 0 Å². The lowest BCUT2D eigenvalue weighted by Gasteiger charge is -2.06. The van der Waals surface area contributed by atoms with Gasteiger partial charge in [-0.3, -0.25) is 0 Å². The summed E-state index contributed by atoms with van der Waals surface area (Å²) >= 11 is 0. The molecule has 0 spiro atoms. The Labute approximate surface area is 309 Å². The van der Waals surface area contributed by atoms with Gasteiger partial charge >= 0.3 is 0 Å². The normalized spacial score (nSPS) is 12.6. The Morgan fingerprint density at radius 1 is 0.500 bits per heavy atom. The van der Waals surface area contributed by atoms with Crippen molar-refractivity contribution in [3.05, 3.63) is 70.4 Å². The van der Waals surface area contributed by atoms with Crippen molar-refractivity contribution >= 4 is 0 Å². The summed E-state index contributed by atoms with van der Waals surface area (Å²) < 4.78 is 0. The summed E-state index contributed by atoms with van der Waals surface area (Å²) in [6.07, 6.45) is 37.3. The van der Waals surface area contributed by atoms with Gasteiger partial charge in [0, 0.05) is 0 Å². The van der Waals surface area contributed by atoms with Gasteiger partial charge in [-0.2, -0.15) is 0 Å². The average molecular weight is 673 g/mol. The first kappa shape index (κ1) is 58.6. The smallest absolute Gasteiger partial charge is 0.0237 e. The van der Waals surface area contributed by atoms with Crippen LogP contribution in [0.2, 0.25) is 0 Å². The Bertz CT molecular complexity index is 737. The minimum Gasteiger partial charge on any atom is -0.0917 e. The van der Waals surface area contributed by atoms with Crippen LogP contribution in [0, 0.1) is 5.92 Å². The second-order valence-corrected chi connectivity index (χ2v) is 13.1. The molecule has 0 radical (unpaired) electrons. The highest BCUT2D eigenvalue weighted by atomic mass is 14.0. The quantitative estimate of drug-likeness (QED) is 0.100. The Morgan fingerprint density at radius 3 is 1.35 bits per heavy atom. The van der Waals surface area contributed by atoms with Crippen LogP contribution in [0.4, 0.5) is 0 Å². The van der Waals surface area contributed by atoms with E-state index in [0.29, 0.717) is 0 Å². The van der Waals surface area contributed by atoms with Gasteiger partial charge in [-0.25, -0.2) is 0 Å². The van der Waals surface area contributed by atoms with Gasteiger partial charge in [0.15, 0.2) is 0 Å². The summed E-state index contributed by atoms with van der Waals surface area (Å²) in [7, 11) is 0. The minimum atomic E-state index is 0.778. The predicted octanol–water partition coefficient (Wildman–Crippen LogP) is 18.7. The molecule has 48 heavy (non-hydrogen) atoms. The van der Waals surface area contributed by atoms with Crippen molar-refractivity contribution in [1.29, 1.82) is 0 Å². The largest absolute Gasteiger partial charge is 0.0917 e. The maximum atomic E-state index is 2.32. The van der Waals surface area contributed by atoms with Gasteiger partial charge < -0.3 is 0 Å². The fourth-order valence-electron chi connectivity index (χ4n) is 3.63. The van der Waals surface area contributed by atoms with Crippen LogP contribution in [0.25, 0.3) is 0 Å². The molecule has 0 fully saturated rings. The SMILES string of the molecule is C/C=C(\C)C(C)CC.C/C=C(\C)CCCC.C/C=C/CCCCC.CC/C(C)=C(\C)CC.CC/C=C/CCCC.CCC/C=C(\C)CC. The third-order valence-electron chi connectivity index (χ3n) is 8.73. The first-order valence-corrected chi connectivity index (χ1v) is 20.7. The monoisotopic (exact) mass is 673 g/mol. The molecule has 0 bridgehead atoms. The molecule has 0 N–H and O–H groups in total. The van der Waals surface area contributed by atoms with E-state index in [4.69, 9.17) is 0 Å². The van der Waals surface area contributed by atoms with Gasteiger partial charge in [-0.05, 0) is 132 Å². The Hall–Kier alpha value is -1.56. The first-order valence-electron chi connectivity index (χ1n) is 20.7. The van der Waals surface area contributed by atoms with Gasteiger partial charge in [0.05, 0.1) is 0 Å². The number of unbranched alkanes of at least 4 members (excludes halogenated alkanes) is 7. The number of hydrogen-bond acceptors (Lipinski definition) is 0. The summed E-state index contributed by atoms with van der Waals surface area (Å²) in [6, 6.07) is 0. The third-order valence-corrected chi connectivity index (χ3v) is 8.73. The Morgan fingerprint density at radius 2 is 1.02 bits per heavy atom. The summed E-state index contributed by atoms with van der Waals surface area (Å²) in [5, 5.41) is 0. The van der Waals surface area contributed by atoms with Gasteiger partial charge in [0.25, 0.3) is 0 Å². The van der Waals surface area contributed by atoms with E-state index >= 15 is 0 Å². The average Bonchev–Trinajstić information content (AvgIpc) is 3.12. The van der Waals surface area contributed by atoms with Crippen molar-refractivity contribution in [1.82, 2.24) is 0 Å². The van der Waals surface area contributed by atoms with E-state index in [1.165, 1.54) is 126 Å². The van der Waals surface area contributed by atoms with Gasteiger partial charge in [0.1, 0.15) is 0 Å². The predicted molar refractivity (Wildman–Crippen MR) is 234 cm³/mol. The van der Waals surface area contributed by atoms with E-state index in [2.05, 4.69) is 167 Å². The van der Waals surface area contributed by atoms with Crippen molar-refractivity contribution < 1.29 is 0 Å². The summed E-state index contributed by atoms with van der Waals surface area (Å²) in [4.78, 5) is 0. The molecular formula is C48H96. The van der Waals surface area contributed by atoms with Crippen LogP contribution < -0.4 is 0 Å². The molecule has 0 heteroatoms. The van der Waals surface area contributed by atoms with Gasteiger partial charge in [-0.1, -0.05) is 178 Å². The molecule has 0 saturated carbocycles. The van der Waals surface area contributed by atoms with Crippen molar-refractivity contribution in [2.45, 2.75) is 234 Å². The van der Waals surface area contributed by atoms with Crippen LogP contribution in [0.15, 0.2) is 70.4 Å². The lowest BCUT2D eigenvalue weighted by Crippen LogP contribution is -1.91. The molecule has 0 aromatic carbocycles. The zero-order valence-corrected chi connectivity index (χ0v) is 37.1. The highest BCUT2D eigenvalue weighted by Gasteiger charge is 1.96. The van der Waals surface area contributed by atoms with Crippen LogP contribution in [-0.2, 0) is 0 Å². The number of allylic oxidation sites excluding steroid dienone is 12. The molecule has 0 rings (SSSR count). The summed E-state index contributed by atoms with van der Waals surface area (Å²) in [5.41, 5.74) is 7.64. The van der Waals surface area contributed by atoms with E-state index in [1.807, 2.05) is 0 Å². The Kier molecular flexibility index (Phi) is 67.0. The summed E-state index contributed by atoms with van der Waals surface area (Å²) in [5.74, 6) is 0.778. The highest BCUT2D eigenvalue weighted by molar-refractivity contribution is 5.07. The highest BCUT2D eigenvalue weighted by Crippen LogP contribution is 2.12. The first-order chi connectivity index (χ1) is 22.9. The second-order valence-electron chi connectivity index (χ2n) is 13.1. The summed E-state index contributed by atoms with van der Waals surface area (Å²) in [6.45, 7) is 39.4.